The highest BCUT2D eigenvalue weighted by molar-refractivity contribution is 5.53. The Labute approximate surface area is 144 Å². The van der Waals surface area contributed by atoms with Crippen molar-refractivity contribution in [2.75, 3.05) is 13.8 Å². The first-order valence-corrected chi connectivity index (χ1v) is 7.95. The van der Waals surface area contributed by atoms with Crippen molar-refractivity contribution in [1.82, 2.24) is 9.88 Å². The van der Waals surface area contributed by atoms with Crippen LogP contribution in [0.3, 0.4) is 0 Å². The molecule has 0 amide bonds. The zero-order valence-electron chi connectivity index (χ0n) is 13.7. The van der Waals surface area contributed by atoms with Crippen LogP contribution in [0.2, 0.25) is 0 Å². The molecule has 128 valence electrons. The summed E-state index contributed by atoms with van der Waals surface area (Å²) in [6.07, 6.45) is 1.61. The lowest BCUT2D eigenvalue weighted by Gasteiger charge is -2.15. The minimum Gasteiger partial charge on any atom is -0.454 e. The Bertz CT molecular complexity index is 894. The van der Waals surface area contributed by atoms with Gasteiger partial charge in [0.05, 0.1) is 5.69 Å². The Kier molecular flexibility index (Phi) is 4.11. The standard InChI is InChI=1S/C19H17FN2O3/c1-22(9-13-5-6-17-18(7-13)25-12-24-17)10-16-11-23-19(21-16)14-3-2-4-15(20)8-14/h2-8,11H,9-10,12H2,1H3. The van der Waals surface area contributed by atoms with Gasteiger partial charge in [-0.3, -0.25) is 4.90 Å². The summed E-state index contributed by atoms with van der Waals surface area (Å²) in [4.78, 5) is 6.56. The van der Waals surface area contributed by atoms with Gasteiger partial charge in [-0.05, 0) is 42.9 Å². The Morgan fingerprint density at radius 3 is 2.84 bits per heavy atom. The second kappa shape index (κ2) is 6.57. The number of ether oxygens (including phenoxy) is 2. The third-order valence-electron chi connectivity index (χ3n) is 3.94. The number of halogens is 1. The molecular weight excluding hydrogens is 323 g/mol. The van der Waals surface area contributed by atoms with Crippen LogP contribution in [0, 0.1) is 5.82 Å². The van der Waals surface area contributed by atoms with Crippen molar-refractivity contribution < 1.29 is 18.3 Å². The predicted molar refractivity (Wildman–Crippen MR) is 89.6 cm³/mol. The summed E-state index contributed by atoms with van der Waals surface area (Å²) in [6, 6.07) is 12.1. The van der Waals surface area contributed by atoms with Gasteiger partial charge in [0.15, 0.2) is 11.5 Å². The third-order valence-corrected chi connectivity index (χ3v) is 3.94. The lowest BCUT2D eigenvalue weighted by atomic mass is 10.2. The molecule has 0 saturated heterocycles. The highest BCUT2D eigenvalue weighted by atomic mass is 19.1. The SMILES string of the molecule is CN(Cc1ccc2c(c1)OCO2)Cc1coc(-c2cccc(F)c2)n1. The number of oxazole rings is 1. The van der Waals surface area contributed by atoms with E-state index in [2.05, 4.69) is 9.88 Å². The first-order valence-electron chi connectivity index (χ1n) is 7.95. The Morgan fingerprint density at radius 2 is 1.96 bits per heavy atom. The van der Waals surface area contributed by atoms with E-state index < -0.39 is 0 Å². The van der Waals surface area contributed by atoms with Crippen molar-refractivity contribution in [1.29, 1.82) is 0 Å². The molecule has 1 aliphatic heterocycles. The van der Waals surface area contributed by atoms with Gasteiger partial charge in [-0.15, -0.1) is 0 Å². The molecule has 6 heteroatoms. The maximum atomic E-state index is 13.3. The molecule has 0 saturated carbocycles. The Morgan fingerprint density at radius 1 is 1.08 bits per heavy atom. The molecule has 0 N–H and O–H groups in total. The lowest BCUT2D eigenvalue weighted by molar-refractivity contribution is 0.174. The molecule has 25 heavy (non-hydrogen) atoms. The molecule has 0 radical (unpaired) electrons. The zero-order chi connectivity index (χ0) is 17.2. The summed E-state index contributed by atoms with van der Waals surface area (Å²) in [6.45, 7) is 1.63. The van der Waals surface area contributed by atoms with Crippen molar-refractivity contribution >= 4 is 0 Å². The maximum Gasteiger partial charge on any atom is 0.231 e. The van der Waals surface area contributed by atoms with Crippen LogP contribution < -0.4 is 9.47 Å². The van der Waals surface area contributed by atoms with Gasteiger partial charge in [-0.25, -0.2) is 9.37 Å². The van der Waals surface area contributed by atoms with Gasteiger partial charge in [-0.2, -0.15) is 0 Å². The first-order chi connectivity index (χ1) is 12.2. The third kappa shape index (κ3) is 3.49. The van der Waals surface area contributed by atoms with Crippen LogP contribution >= 0.6 is 0 Å². The number of hydrogen-bond acceptors (Lipinski definition) is 5. The van der Waals surface area contributed by atoms with Crippen molar-refractivity contribution in [3.05, 3.63) is 65.8 Å². The van der Waals surface area contributed by atoms with Gasteiger partial charge in [0.1, 0.15) is 12.1 Å². The monoisotopic (exact) mass is 340 g/mol. The summed E-state index contributed by atoms with van der Waals surface area (Å²) in [7, 11) is 2.00. The van der Waals surface area contributed by atoms with E-state index in [-0.39, 0.29) is 12.6 Å². The van der Waals surface area contributed by atoms with Crippen LogP contribution in [0.4, 0.5) is 4.39 Å². The highest BCUT2D eigenvalue weighted by Gasteiger charge is 2.14. The van der Waals surface area contributed by atoms with Gasteiger partial charge in [0.2, 0.25) is 12.7 Å². The van der Waals surface area contributed by atoms with E-state index in [9.17, 15) is 4.39 Å². The molecule has 1 aromatic heterocycles. The second-order valence-corrected chi connectivity index (χ2v) is 6.01. The topological polar surface area (TPSA) is 47.7 Å². The molecular formula is C19H17FN2O3. The Hall–Kier alpha value is -2.86. The van der Waals surface area contributed by atoms with Crippen LogP contribution in [-0.2, 0) is 13.1 Å². The van der Waals surface area contributed by atoms with E-state index >= 15 is 0 Å². The fraction of sp³-hybridized carbons (Fsp3) is 0.211. The van der Waals surface area contributed by atoms with E-state index in [1.165, 1.54) is 12.1 Å². The molecule has 1 aliphatic rings. The number of fused-ring (bicyclic) bond motifs is 1. The summed E-state index contributed by atoms with van der Waals surface area (Å²) in [5.41, 5.74) is 2.55. The second-order valence-electron chi connectivity index (χ2n) is 6.01. The van der Waals surface area contributed by atoms with E-state index in [1.54, 1.807) is 18.4 Å². The molecule has 0 bridgehead atoms. The minimum atomic E-state index is -0.308. The van der Waals surface area contributed by atoms with Crippen LogP contribution in [-0.4, -0.2) is 23.7 Å². The highest BCUT2D eigenvalue weighted by Crippen LogP contribution is 2.32. The number of benzene rings is 2. The number of rotatable bonds is 5. The number of hydrogen-bond donors (Lipinski definition) is 0. The molecule has 5 nitrogen and oxygen atoms in total. The average molecular weight is 340 g/mol. The van der Waals surface area contributed by atoms with Gasteiger partial charge < -0.3 is 13.9 Å². The molecule has 2 heterocycles. The van der Waals surface area contributed by atoms with E-state index in [1.807, 2.05) is 25.2 Å². The smallest absolute Gasteiger partial charge is 0.231 e. The van der Waals surface area contributed by atoms with Gasteiger partial charge in [0, 0.05) is 18.7 Å². The van der Waals surface area contributed by atoms with Gasteiger partial charge in [-0.1, -0.05) is 12.1 Å². The predicted octanol–water partition coefficient (Wildman–Crippen LogP) is 3.84. The fourth-order valence-corrected chi connectivity index (χ4v) is 2.82. The fourth-order valence-electron chi connectivity index (χ4n) is 2.82. The maximum absolute atomic E-state index is 13.3. The van der Waals surface area contributed by atoms with Crippen LogP contribution in [0.15, 0.2) is 53.1 Å². The zero-order valence-corrected chi connectivity index (χ0v) is 13.7. The summed E-state index contributed by atoms with van der Waals surface area (Å²) in [5.74, 6) is 1.67. The van der Waals surface area contributed by atoms with Crippen molar-refractivity contribution in [3.63, 3.8) is 0 Å². The molecule has 0 aliphatic carbocycles. The van der Waals surface area contributed by atoms with Crippen LogP contribution in [0.1, 0.15) is 11.3 Å². The first kappa shape index (κ1) is 15.7. The van der Waals surface area contributed by atoms with Crippen molar-refractivity contribution in [3.8, 4) is 23.0 Å². The van der Waals surface area contributed by atoms with E-state index in [0.717, 1.165) is 29.3 Å². The van der Waals surface area contributed by atoms with Crippen molar-refractivity contribution in [2.45, 2.75) is 13.1 Å². The molecule has 0 atom stereocenters. The normalized spacial score (nSPS) is 12.8. The van der Waals surface area contributed by atoms with E-state index in [4.69, 9.17) is 13.9 Å². The molecule has 4 rings (SSSR count). The van der Waals surface area contributed by atoms with Crippen molar-refractivity contribution in [2.24, 2.45) is 0 Å². The largest absolute Gasteiger partial charge is 0.454 e. The summed E-state index contributed by atoms with van der Waals surface area (Å²) in [5, 5.41) is 0. The number of aromatic nitrogens is 1. The van der Waals surface area contributed by atoms with Crippen LogP contribution in [0.25, 0.3) is 11.5 Å². The molecule has 0 unspecified atom stereocenters. The number of nitrogens with zero attached hydrogens (tertiary/aromatic N) is 2. The summed E-state index contributed by atoms with van der Waals surface area (Å²) < 4.78 is 29.5. The lowest BCUT2D eigenvalue weighted by Crippen LogP contribution is -2.17. The molecule has 2 aromatic carbocycles. The van der Waals surface area contributed by atoms with Crippen LogP contribution in [0.5, 0.6) is 11.5 Å². The summed E-state index contributed by atoms with van der Waals surface area (Å²) >= 11 is 0. The quantitative estimate of drug-likeness (QED) is 0.706. The minimum absolute atomic E-state index is 0.274. The Balaban J connectivity index is 1.42. The molecule has 0 spiro atoms. The van der Waals surface area contributed by atoms with Gasteiger partial charge in [0.25, 0.3) is 0 Å². The molecule has 3 aromatic rings. The van der Waals surface area contributed by atoms with E-state index in [0.29, 0.717) is 18.0 Å². The van der Waals surface area contributed by atoms with Gasteiger partial charge >= 0.3 is 0 Å². The molecule has 0 fully saturated rings. The average Bonchev–Trinajstić information content (AvgIpc) is 3.23.